The molecule has 0 radical (unpaired) electrons. The zero-order chi connectivity index (χ0) is 12.4. The van der Waals surface area contributed by atoms with Crippen molar-refractivity contribution < 1.29 is 0 Å². The van der Waals surface area contributed by atoms with E-state index < -0.39 is 0 Å². The molecule has 0 aliphatic heterocycles. The molecule has 0 bridgehead atoms. The van der Waals surface area contributed by atoms with Gasteiger partial charge in [0.2, 0.25) is 0 Å². The summed E-state index contributed by atoms with van der Waals surface area (Å²) in [5.41, 5.74) is 8.12. The number of anilines is 1. The van der Waals surface area contributed by atoms with Crippen LogP contribution >= 0.6 is 27.5 Å². The Kier molecular flexibility index (Phi) is 3.32. The molecule has 0 saturated carbocycles. The number of benzene rings is 1. The number of nitrogens with two attached hydrogens (primary N) is 1. The molecule has 0 atom stereocenters. The summed E-state index contributed by atoms with van der Waals surface area (Å²) in [7, 11) is 0. The number of hydrogen-bond donors (Lipinski definition) is 1. The molecule has 0 aliphatic rings. The van der Waals surface area contributed by atoms with E-state index in [-0.39, 0.29) is 0 Å². The molecule has 2 aromatic rings. The lowest BCUT2D eigenvalue weighted by Gasteiger charge is -2.08. The van der Waals surface area contributed by atoms with Gasteiger partial charge in [0.05, 0.1) is 16.3 Å². The maximum atomic E-state index is 9.13. The van der Waals surface area contributed by atoms with Gasteiger partial charge in [0.15, 0.2) is 0 Å². The fourth-order valence-corrected chi connectivity index (χ4v) is 2.17. The van der Waals surface area contributed by atoms with Crippen molar-refractivity contribution in [1.29, 1.82) is 5.26 Å². The maximum Gasteiger partial charge on any atom is 0.124 e. The summed E-state index contributed by atoms with van der Waals surface area (Å²) >= 11 is 9.38. The summed E-state index contributed by atoms with van der Waals surface area (Å²) in [4.78, 5) is 4.01. The molecular weight excluding hydrogens is 302 g/mol. The molecule has 2 N–H and O–H groups in total. The summed E-state index contributed by atoms with van der Waals surface area (Å²) in [6.45, 7) is 0. The van der Waals surface area contributed by atoms with Gasteiger partial charge >= 0.3 is 0 Å². The van der Waals surface area contributed by atoms with Crippen molar-refractivity contribution in [3.63, 3.8) is 0 Å². The Bertz CT molecular complexity index is 620. The molecule has 17 heavy (non-hydrogen) atoms. The van der Waals surface area contributed by atoms with E-state index in [1.165, 1.54) is 0 Å². The summed E-state index contributed by atoms with van der Waals surface area (Å²) in [6, 6.07) is 9.18. The zero-order valence-electron chi connectivity index (χ0n) is 8.61. The van der Waals surface area contributed by atoms with Crippen LogP contribution < -0.4 is 5.73 Å². The van der Waals surface area contributed by atoms with E-state index in [0.717, 1.165) is 5.56 Å². The highest BCUT2D eigenvalue weighted by Crippen LogP contribution is 2.35. The lowest BCUT2D eigenvalue weighted by molar-refractivity contribution is 1.25. The summed E-state index contributed by atoms with van der Waals surface area (Å²) in [5, 5.41) is 9.57. The molecule has 0 saturated heterocycles. The fraction of sp³-hybridized carbons (Fsp3) is 0. The largest absolute Gasteiger partial charge is 0.398 e. The van der Waals surface area contributed by atoms with Crippen LogP contribution in [0.4, 0.5) is 5.69 Å². The molecule has 1 heterocycles. The minimum absolute atomic E-state index is 0.444. The van der Waals surface area contributed by atoms with Gasteiger partial charge in [-0.3, -0.25) is 0 Å². The van der Waals surface area contributed by atoms with Crippen LogP contribution in [-0.2, 0) is 0 Å². The van der Waals surface area contributed by atoms with Gasteiger partial charge in [-0.05, 0) is 28.1 Å². The Morgan fingerprint density at radius 3 is 2.76 bits per heavy atom. The van der Waals surface area contributed by atoms with Crippen LogP contribution in [0.3, 0.4) is 0 Å². The Morgan fingerprint density at radius 2 is 2.06 bits per heavy atom. The molecule has 0 spiro atoms. The van der Waals surface area contributed by atoms with Crippen molar-refractivity contribution >= 4 is 33.2 Å². The third-order valence-corrected chi connectivity index (χ3v) is 3.36. The standard InChI is InChI=1S/C12H7BrClN3/c13-12-9(6-15)7(4-5-17-12)8-2-1-3-10(16)11(8)14/h1-5H,16H2. The van der Waals surface area contributed by atoms with Crippen molar-refractivity contribution in [2.75, 3.05) is 5.73 Å². The van der Waals surface area contributed by atoms with Crippen LogP contribution in [0.25, 0.3) is 11.1 Å². The van der Waals surface area contributed by atoms with Gasteiger partial charge in [-0.25, -0.2) is 4.98 Å². The van der Waals surface area contributed by atoms with Crippen LogP contribution in [0.2, 0.25) is 5.02 Å². The summed E-state index contributed by atoms with van der Waals surface area (Å²) < 4.78 is 0.496. The predicted molar refractivity (Wildman–Crippen MR) is 71.5 cm³/mol. The average molecular weight is 309 g/mol. The first-order valence-electron chi connectivity index (χ1n) is 4.74. The molecule has 5 heteroatoms. The highest BCUT2D eigenvalue weighted by molar-refractivity contribution is 9.10. The van der Waals surface area contributed by atoms with Gasteiger partial charge in [-0.15, -0.1) is 0 Å². The van der Waals surface area contributed by atoms with Crippen LogP contribution in [-0.4, -0.2) is 4.98 Å². The highest BCUT2D eigenvalue weighted by atomic mass is 79.9. The zero-order valence-corrected chi connectivity index (χ0v) is 11.0. The van der Waals surface area contributed by atoms with Gasteiger partial charge in [-0.1, -0.05) is 23.7 Å². The molecule has 2 rings (SSSR count). The highest BCUT2D eigenvalue weighted by Gasteiger charge is 2.13. The molecular formula is C12H7BrClN3. The Hall–Kier alpha value is -1.57. The van der Waals surface area contributed by atoms with E-state index in [9.17, 15) is 0 Å². The van der Waals surface area contributed by atoms with E-state index in [1.807, 2.05) is 6.07 Å². The SMILES string of the molecule is N#Cc1c(-c2cccc(N)c2Cl)ccnc1Br. The third-order valence-electron chi connectivity index (χ3n) is 2.34. The molecule has 84 valence electrons. The van der Waals surface area contributed by atoms with Crippen molar-refractivity contribution in [3.05, 3.63) is 45.7 Å². The van der Waals surface area contributed by atoms with E-state index in [1.54, 1.807) is 24.4 Å². The average Bonchev–Trinajstić information content (AvgIpc) is 2.32. The minimum atomic E-state index is 0.444. The Labute approximate surface area is 112 Å². The number of aromatic nitrogens is 1. The Balaban J connectivity index is 2.74. The van der Waals surface area contributed by atoms with Gasteiger partial charge in [-0.2, -0.15) is 5.26 Å². The number of rotatable bonds is 1. The van der Waals surface area contributed by atoms with Gasteiger partial charge in [0.1, 0.15) is 10.7 Å². The monoisotopic (exact) mass is 307 g/mol. The number of nitrogens with zero attached hydrogens (tertiary/aromatic N) is 2. The van der Waals surface area contributed by atoms with Crippen molar-refractivity contribution in [2.24, 2.45) is 0 Å². The van der Waals surface area contributed by atoms with E-state index in [2.05, 4.69) is 27.0 Å². The Morgan fingerprint density at radius 1 is 1.29 bits per heavy atom. The van der Waals surface area contributed by atoms with Crippen molar-refractivity contribution in [1.82, 2.24) is 4.98 Å². The number of hydrogen-bond acceptors (Lipinski definition) is 3. The van der Waals surface area contributed by atoms with Crippen LogP contribution in [0.1, 0.15) is 5.56 Å². The van der Waals surface area contributed by atoms with Crippen LogP contribution in [0.15, 0.2) is 35.1 Å². The smallest absolute Gasteiger partial charge is 0.124 e. The van der Waals surface area contributed by atoms with Crippen molar-refractivity contribution in [3.8, 4) is 17.2 Å². The second kappa shape index (κ2) is 4.74. The van der Waals surface area contributed by atoms with Crippen molar-refractivity contribution in [2.45, 2.75) is 0 Å². The quantitative estimate of drug-likeness (QED) is 0.646. The lowest BCUT2D eigenvalue weighted by atomic mass is 10.0. The number of halogens is 2. The first-order valence-corrected chi connectivity index (χ1v) is 5.91. The molecule has 1 aromatic carbocycles. The van der Waals surface area contributed by atoms with E-state index in [4.69, 9.17) is 22.6 Å². The number of nitriles is 1. The summed E-state index contributed by atoms with van der Waals surface area (Å²) in [5.74, 6) is 0. The topological polar surface area (TPSA) is 62.7 Å². The fourth-order valence-electron chi connectivity index (χ4n) is 1.52. The van der Waals surface area contributed by atoms with Gasteiger partial charge in [0, 0.05) is 17.3 Å². The maximum absolute atomic E-state index is 9.13. The normalized spacial score (nSPS) is 9.94. The minimum Gasteiger partial charge on any atom is -0.398 e. The number of pyridine rings is 1. The second-order valence-corrected chi connectivity index (χ2v) is 4.47. The van der Waals surface area contributed by atoms with Gasteiger partial charge in [0.25, 0.3) is 0 Å². The van der Waals surface area contributed by atoms with Crippen LogP contribution in [0, 0.1) is 11.3 Å². The molecule has 0 aliphatic carbocycles. The lowest BCUT2D eigenvalue weighted by Crippen LogP contribution is -1.92. The third kappa shape index (κ3) is 2.12. The molecule has 0 fully saturated rings. The second-order valence-electron chi connectivity index (χ2n) is 3.34. The first-order chi connectivity index (χ1) is 8.15. The molecule has 3 nitrogen and oxygen atoms in total. The predicted octanol–water partition coefficient (Wildman–Crippen LogP) is 3.62. The first kappa shape index (κ1) is 11.9. The van der Waals surface area contributed by atoms with E-state index in [0.29, 0.717) is 26.4 Å². The van der Waals surface area contributed by atoms with E-state index >= 15 is 0 Å². The number of nitrogen functional groups attached to an aromatic ring is 1. The molecule has 1 aromatic heterocycles. The van der Waals surface area contributed by atoms with Crippen LogP contribution in [0.5, 0.6) is 0 Å². The summed E-state index contributed by atoms with van der Waals surface area (Å²) in [6.07, 6.45) is 1.61. The van der Waals surface area contributed by atoms with Gasteiger partial charge < -0.3 is 5.73 Å². The molecule has 0 unspecified atom stereocenters. The molecule has 0 amide bonds.